The topological polar surface area (TPSA) is 6.48 Å². The van der Waals surface area contributed by atoms with E-state index in [2.05, 4.69) is 246 Å². The number of rotatable bonds is 5. The lowest BCUT2D eigenvalue weighted by molar-refractivity contribution is 1.26. The Kier molecular flexibility index (Phi) is 8.18. The first-order chi connectivity index (χ1) is 32.3. The van der Waals surface area contributed by atoms with Crippen LogP contribution >= 0.6 is 7.92 Å². The Morgan fingerprint density at radius 1 is 0.292 bits per heavy atom. The molecular weight excluding hydrogens is 801 g/mol. The number of fused-ring (bicyclic) bond motifs is 10. The lowest BCUT2D eigenvalue weighted by atomic mass is 9.29. The van der Waals surface area contributed by atoms with Crippen molar-refractivity contribution < 1.29 is 0 Å². The van der Waals surface area contributed by atoms with Crippen molar-refractivity contribution in [3.63, 3.8) is 0 Å². The van der Waals surface area contributed by atoms with E-state index < -0.39 is 7.92 Å². The van der Waals surface area contributed by atoms with Crippen LogP contribution < -0.4 is 58.5 Å². The summed E-state index contributed by atoms with van der Waals surface area (Å²) in [5.41, 5.74) is 23.0. The molecule has 300 valence electrons. The van der Waals surface area contributed by atoms with Gasteiger partial charge in [-0.05, 0) is 110 Å². The van der Waals surface area contributed by atoms with E-state index in [1.807, 2.05) is 0 Å². The Labute approximate surface area is 382 Å². The van der Waals surface area contributed by atoms with Gasteiger partial charge in [0.05, 0.1) is 5.69 Å². The van der Waals surface area contributed by atoms with E-state index in [1.165, 1.54) is 116 Å². The fraction of sp³-hybridized carbons (Fsp3) is 0. The van der Waals surface area contributed by atoms with Crippen molar-refractivity contribution in [2.75, 3.05) is 9.80 Å². The molecule has 1 atom stereocenters. The molecule has 0 saturated carbocycles. The standard InChI is InChI=1S/C60H39B2N2P/c1-5-21-40(22-6-1)43-37-45(41-23-7-2-8-24-41)59(46(38-43)42-25-9-3-10-26-42)64-53-35-19-14-30-48(53)61-47-29-13-17-33-51(47)63-52-34-18-15-31-49(52)62-50-32-16-20-36-55(50)65(44-27-11-4-12-28-44)56-39-54(64)57(61)60(63)58(56)62/h1-39H. The zero-order valence-corrected chi connectivity index (χ0v) is 36.4. The monoisotopic (exact) mass is 840 g/mol. The zero-order valence-electron chi connectivity index (χ0n) is 35.5. The summed E-state index contributed by atoms with van der Waals surface area (Å²) in [6, 6.07) is 89.0. The molecule has 4 aliphatic rings. The minimum absolute atomic E-state index is 0.0279. The molecule has 65 heavy (non-hydrogen) atoms. The second kappa shape index (κ2) is 14.4. The molecule has 4 heterocycles. The second-order valence-corrected chi connectivity index (χ2v) is 19.7. The summed E-state index contributed by atoms with van der Waals surface area (Å²) in [5.74, 6) is 0. The summed E-state index contributed by atoms with van der Waals surface area (Å²) >= 11 is 0. The van der Waals surface area contributed by atoms with Crippen LogP contribution in [0.5, 0.6) is 0 Å². The highest BCUT2D eigenvalue weighted by atomic mass is 31.1. The van der Waals surface area contributed by atoms with Crippen molar-refractivity contribution >= 4 is 104 Å². The molecule has 0 radical (unpaired) electrons. The quantitative estimate of drug-likeness (QED) is 0.126. The molecule has 2 nitrogen and oxygen atoms in total. The van der Waals surface area contributed by atoms with Crippen LogP contribution in [0.4, 0.5) is 34.1 Å². The highest BCUT2D eigenvalue weighted by Gasteiger charge is 2.51. The molecule has 0 bridgehead atoms. The summed E-state index contributed by atoms with van der Waals surface area (Å²) in [4.78, 5) is 5.33. The first-order valence-corrected chi connectivity index (χ1v) is 24.0. The van der Waals surface area contributed by atoms with Crippen LogP contribution in [-0.2, 0) is 0 Å². The lowest BCUT2D eigenvalue weighted by Gasteiger charge is -2.50. The van der Waals surface area contributed by atoms with Crippen LogP contribution in [0.1, 0.15) is 0 Å². The SMILES string of the molecule is c1ccc(-c2cc(-c3ccccc3)c(N3c4ccccc4B4c5ccccc5N5c6ccccc6B6c7ccccc7P(c7ccccc7)c7cc3c4c5c76)c(-c3ccccc3)c2)cc1. The highest BCUT2D eigenvalue weighted by molar-refractivity contribution is 7.81. The number of nitrogens with zero attached hydrogens (tertiary/aromatic N) is 2. The molecule has 0 aliphatic carbocycles. The maximum Gasteiger partial charge on any atom is 0.252 e. The first-order valence-electron chi connectivity index (χ1n) is 22.7. The predicted molar refractivity (Wildman–Crippen MR) is 280 cm³/mol. The Morgan fingerprint density at radius 3 is 1.25 bits per heavy atom. The van der Waals surface area contributed by atoms with E-state index in [9.17, 15) is 0 Å². The van der Waals surface area contributed by atoms with E-state index >= 15 is 0 Å². The molecule has 1 unspecified atom stereocenters. The molecule has 0 N–H and O–H groups in total. The minimum atomic E-state index is -0.941. The number of hydrogen-bond donors (Lipinski definition) is 0. The molecule has 0 amide bonds. The summed E-state index contributed by atoms with van der Waals surface area (Å²) in [7, 11) is -0.941. The third-order valence-electron chi connectivity index (χ3n) is 14.2. The van der Waals surface area contributed by atoms with Crippen LogP contribution in [0.25, 0.3) is 33.4 Å². The third kappa shape index (κ3) is 5.35. The van der Waals surface area contributed by atoms with Gasteiger partial charge in [0, 0.05) is 39.6 Å². The van der Waals surface area contributed by atoms with Crippen LogP contribution in [0.15, 0.2) is 237 Å². The molecule has 0 saturated heterocycles. The largest absolute Gasteiger partial charge is 0.312 e. The van der Waals surface area contributed by atoms with Gasteiger partial charge < -0.3 is 9.80 Å². The lowest BCUT2D eigenvalue weighted by Crippen LogP contribution is -2.72. The van der Waals surface area contributed by atoms with E-state index in [1.54, 1.807) is 0 Å². The average Bonchev–Trinajstić information content (AvgIpc) is 3.39. The third-order valence-corrected chi connectivity index (χ3v) is 16.8. The van der Waals surface area contributed by atoms with Crippen LogP contribution in [0.2, 0.25) is 0 Å². The van der Waals surface area contributed by atoms with Gasteiger partial charge in [0.15, 0.2) is 0 Å². The molecule has 14 rings (SSSR count). The van der Waals surface area contributed by atoms with Gasteiger partial charge in [-0.2, -0.15) is 0 Å². The summed E-state index contributed by atoms with van der Waals surface area (Å²) in [5, 5.41) is 4.26. The van der Waals surface area contributed by atoms with Gasteiger partial charge in [-0.25, -0.2) is 0 Å². The first kappa shape index (κ1) is 36.8. The molecule has 0 spiro atoms. The molecule has 10 aromatic rings. The summed E-state index contributed by atoms with van der Waals surface area (Å²) in [6.07, 6.45) is 0. The van der Waals surface area contributed by atoms with Crippen LogP contribution in [0.3, 0.4) is 0 Å². The molecular formula is C60H39B2N2P. The van der Waals surface area contributed by atoms with Crippen molar-refractivity contribution in [2.45, 2.75) is 0 Å². The maximum atomic E-state index is 2.68. The molecule has 0 aromatic heterocycles. The number of anilines is 6. The Morgan fingerprint density at radius 2 is 0.708 bits per heavy atom. The van der Waals surface area contributed by atoms with Gasteiger partial charge in [-0.3, -0.25) is 0 Å². The highest BCUT2D eigenvalue weighted by Crippen LogP contribution is 2.52. The second-order valence-electron chi connectivity index (χ2n) is 17.6. The van der Waals surface area contributed by atoms with Gasteiger partial charge in [0.2, 0.25) is 6.71 Å². The summed E-state index contributed by atoms with van der Waals surface area (Å²) < 4.78 is 0. The van der Waals surface area contributed by atoms with Crippen molar-refractivity contribution in [1.29, 1.82) is 0 Å². The van der Waals surface area contributed by atoms with Gasteiger partial charge in [0.25, 0.3) is 6.71 Å². The van der Waals surface area contributed by atoms with E-state index in [0.29, 0.717) is 0 Å². The van der Waals surface area contributed by atoms with Gasteiger partial charge in [-0.15, -0.1) is 0 Å². The summed E-state index contributed by atoms with van der Waals surface area (Å²) in [6.45, 7) is 0.123. The Balaban J connectivity index is 1.17. The van der Waals surface area contributed by atoms with E-state index in [-0.39, 0.29) is 13.4 Å². The number of benzene rings is 10. The maximum absolute atomic E-state index is 2.68. The fourth-order valence-corrected chi connectivity index (χ4v) is 14.3. The number of hydrogen-bond acceptors (Lipinski definition) is 2. The minimum Gasteiger partial charge on any atom is -0.312 e. The van der Waals surface area contributed by atoms with E-state index in [4.69, 9.17) is 0 Å². The smallest absolute Gasteiger partial charge is 0.252 e. The predicted octanol–water partition coefficient (Wildman–Crippen LogP) is 9.67. The van der Waals surface area contributed by atoms with Gasteiger partial charge >= 0.3 is 0 Å². The van der Waals surface area contributed by atoms with Gasteiger partial charge in [0.1, 0.15) is 0 Å². The van der Waals surface area contributed by atoms with Crippen molar-refractivity contribution in [2.24, 2.45) is 0 Å². The molecule has 0 fully saturated rings. The zero-order chi connectivity index (χ0) is 42.6. The fourth-order valence-electron chi connectivity index (χ4n) is 11.6. The van der Waals surface area contributed by atoms with Crippen molar-refractivity contribution in [1.82, 2.24) is 0 Å². The molecule has 10 aromatic carbocycles. The molecule has 5 heteroatoms. The number of para-hydroxylation sites is 3. The Bertz CT molecular complexity index is 3440. The van der Waals surface area contributed by atoms with Gasteiger partial charge in [-0.1, -0.05) is 206 Å². The van der Waals surface area contributed by atoms with Crippen LogP contribution in [-0.4, -0.2) is 13.4 Å². The van der Waals surface area contributed by atoms with Crippen molar-refractivity contribution in [3.8, 4) is 33.4 Å². The van der Waals surface area contributed by atoms with Crippen LogP contribution in [0, 0.1) is 0 Å². The average molecular weight is 841 g/mol. The molecule has 4 aliphatic heterocycles. The normalized spacial score (nSPS) is 14.5. The van der Waals surface area contributed by atoms with Crippen molar-refractivity contribution in [3.05, 3.63) is 237 Å². The van der Waals surface area contributed by atoms with E-state index in [0.717, 1.165) is 0 Å². The Hall–Kier alpha value is -7.64.